The summed E-state index contributed by atoms with van der Waals surface area (Å²) in [5.41, 5.74) is 2.12. The molecule has 0 aromatic heterocycles. The van der Waals surface area contributed by atoms with Crippen LogP contribution in [0.4, 0.5) is 0 Å². The van der Waals surface area contributed by atoms with Crippen molar-refractivity contribution in [3.05, 3.63) is 70.2 Å². The van der Waals surface area contributed by atoms with E-state index in [0.717, 1.165) is 5.56 Å². The second-order valence-electron chi connectivity index (χ2n) is 4.53. The van der Waals surface area contributed by atoms with Gasteiger partial charge in [0.25, 0.3) is 0 Å². The molecular formula is C16H13ClO3. The maximum absolute atomic E-state index is 12.3. The van der Waals surface area contributed by atoms with Crippen LogP contribution >= 0.6 is 11.6 Å². The number of benzene rings is 2. The Hall–Kier alpha value is -1.68. The van der Waals surface area contributed by atoms with Crippen LogP contribution < -0.4 is 0 Å². The van der Waals surface area contributed by atoms with E-state index >= 15 is 0 Å². The van der Waals surface area contributed by atoms with Crippen LogP contribution in [-0.4, -0.2) is 19.0 Å². The van der Waals surface area contributed by atoms with Gasteiger partial charge in [0.05, 0.1) is 13.2 Å². The van der Waals surface area contributed by atoms with E-state index in [-0.39, 0.29) is 12.1 Å². The average molecular weight is 289 g/mol. The molecule has 0 atom stereocenters. The van der Waals surface area contributed by atoms with Crippen LogP contribution in [0.2, 0.25) is 5.02 Å². The van der Waals surface area contributed by atoms with Crippen molar-refractivity contribution in [2.24, 2.45) is 0 Å². The summed E-state index contributed by atoms with van der Waals surface area (Å²) < 4.78 is 10.8. The maximum atomic E-state index is 12.3. The summed E-state index contributed by atoms with van der Waals surface area (Å²) in [7, 11) is 0. The van der Waals surface area contributed by atoms with Gasteiger partial charge in [-0.3, -0.25) is 4.79 Å². The Bertz CT molecular complexity index is 616. The van der Waals surface area contributed by atoms with Gasteiger partial charge in [0.1, 0.15) is 0 Å². The van der Waals surface area contributed by atoms with E-state index in [4.69, 9.17) is 21.1 Å². The van der Waals surface area contributed by atoms with Gasteiger partial charge in [0.2, 0.25) is 0 Å². The van der Waals surface area contributed by atoms with Gasteiger partial charge in [0, 0.05) is 21.7 Å². The molecule has 3 nitrogen and oxygen atoms in total. The number of hydrogen-bond acceptors (Lipinski definition) is 3. The Labute approximate surface area is 122 Å². The Morgan fingerprint density at radius 1 is 1.00 bits per heavy atom. The lowest BCUT2D eigenvalue weighted by atomic mass is 10.0. The van der Waals surface area contributed by atoms with Crippen molar-refractivity contribution in [3.63, 3.8) is 0 Å². The van der Waals surface area contributed by atoms with E-state index in [2.05, 4.69) is 0 Å². The molecule has 1 aliphatic heterocycles. The Kier molecular flexibility index (Phi) is 3.83. The first-order valence-electron chi connectivity index (χ1n) is 6.37. The highest BCUT2D eigenvalue weighted by Crippen LogP contribution is 2.24. The third kappa shape index (κ3) is 2.75. The molecule has 0 saturated carbocycles. The fraction of sp³-hybridized carbons (Fsp3) is 0.188. The van der Waals surface area contributed by atoms with E-state index in [1.54, 1.807) is 36.4 Å². The molecule has 4 heteroatoms. The third-order valence-electron chi connectivity index (χ3n) is 3.15. The van der Waals surface area contributed by atoms with E-state index < -0.39 is 0 Å². The monoisotopic (exact) mass is 288 g/mol. The molecule has 0 bridgehead atoms. The van der Waals surface area contributed by atoms with Crippen LogP contribution in [0.25, 0.3) is 0 Å². The van der Waals surface area contributed by atoms with Crippen LogP contribution in [0.5, 0.6) is 0 Å². The highest BCUT2D eigenvalue weighted by atomic mass is 35.5. The van der Waals surface area contributed by atoms with Crippen molar-refractivity contribution < 1.29 is 14.3 Å². The van der Waals surface area contributed by atoms with Crippen LogP contribution in [-0.2, 0) is 9.47 Å². The Morgan fingerprint density at radius 2 is 1.70 bits per heavy atom. The zero-order chi connectivity index (χ0) is 13.9. The fourth-order valence-electron chi connectivity index (χ4n) is 2.14. The van der Waals surface area contributed by atoms with Crippen molar-refractivity contribution in [1.29, 1.82) is 0 Å². The number of rotatable bonds is 3. The molecule has 1 heterocycles. The summed E-state index contributed by atoms with van der Waals surface area (Å²) in [5.74, 6) is -0.0488. The standard InChI is InChI=1S/C16H13ClO3/c17-14-3-1-2-13(10-14)15(18)11-4-6-12(7-5-11)16-19-8-9-20-16/h1-7,10,16H,8-9H2. The number of carbonyl (C=O) groups is 1. The lowest BCUT2D eigenvalue weighted by Crippen LogP contribution is -2.03. The molecule has 0 N–H and O–H groups in total. The number of carbonyl (C=O) groups excluding carboxylic acids is 1. The van der Waals surface area contributed by atoms with E-state index in [9.17, 15) is 4.79 Å². The highest BCUT2D eigenvalue weighted by Gasteiger charge is 2.18. The Morgan fingerprint density at radius 3 is 2.35 bits per heavy atom. The number of hydrogen-bond donors (Lipinski definition) is 0. The predicted molar refractivity (Wildman–Crippen MR) is 76.0 cm³/mol. The van der Waals surface area contributed by atoms with Gasteiger partial charge in [-0.15, -0.1) is 0 Å². The number of halogens is 1. The summed E-state index contributed by atoms with van der Waals surface area (Å²) in [6.45, 7) is 1.21. The first-order valence-corrected chi connectivity index (χ1v) is 6.75. The topological polar surface area (TPSA) is 35.5 Å². The van der Waals surface area contributed by atoms with Gasteiger partial charge in [-0.25, -0.2) is 0 Å². The summed E-state index contributed by atoms with van der Waals surface area (Å²) >= 11 is 5.90. The van der Waals surface area contributed by atoms with E-state index in [1.807, 2.05) is 12.1 Å². The van der Waals surface area contributed by atoms with Gasteiger partial charge in [-0.2, -0.15) is 0 Å². The molecule has 2 aromatic rings. The molecule has 1 fully saturated rings. The highest BCUT2D eigenvalue weighted by molar-refractivity contribution is 6.31. The minimum absolute atomic E-state index is 0.0488. The van der Waals surface area contributed by atoms with E-state index in [1.165, 1.54) is 0 Å². The molecular weight excluding hydrogens is 276 g/mol. The average Bonchev–Trinajstić information content (AvgIpc) is 3.01. The molecule has 0 radical (unpaired) electrons. The van der Waals surface area contributed by atoms with Crippen LogP contribution in [0, 0.1) is 0 Å². The third-order valence-corrected chi connectivity index (χ3v) is 3.39. The lowest BCUT2D eigenvalue weighted by molar-refractivity contribution is -0.0441. The molecule has 1 aliphatic rings. The first kappa shape index (κ1) is 13.3. The molecule has 0 amide bonds. The minimum Gasteiger partial charge on any atom is -0.346 e. The molecule has 3 rings (SSSR count). The first-order chi connectivity index (χ1) is 9.74. The van der Waals surface area contributed by atoms with Crippen molar-refractivity contribution >= 4 is 17.4 Å². The molecule has 1 saturated heterocycles. The molecule has 102 valence electrons. The van der Waals surface area contributed by atoms with Gasteiger partial charge < -0.3 is 9.47 Å². The fourth-order valence-corrected chi connectivity index (χ4v) is 2.33. The van der Waals surface area contributed by atoms with Gasteiger partial charge in [-0.05, 0) is 12.1 Å². The minimum atomic E-state index is -0.315. The summed E-state index contributed by atoms with van der Waals surface area (Å²) in [6.07, 6.45) is -0.315. The quantitative estimate of drug-likeness (QED) is 0.809. The Balaban J connectivity index is 1.82. The lowest BCUT2D eigenvalue weighted by Gasteiger charge is -2.09. The van der Waals surface area contributed by atoms with Gasteiger partial charge >= 0.3 is 0 Å². The van der Waals surface area contributed by atoms with Crippen molar-refractivity contribution in [3.8, 4) is 0 Å². The van der Waals surface area contributed by atoms with Crippen LogP contribution in [0.3, 0.4) is 0 Å². The predicted octanol–water partition coefficient (Wildman–Crippen LogP) is 3.62. The SMILES string of the molecule is O=C(c1ccc(C2OCCO2)cc1)c1cccc(Cl)c1. The number of ketones is 1. The van der Waals surface area contributed by atoms with Gasteiger partial charge in [-0.1, -0.05) is 48.0 Å². The smallest absolute Gasteiger partial charge is 0.193 e. The normalized spacial score (nSPS) is 15.4. The summed E-state index contributed by atoms with van der Waals surface area (Å²) in [4.78, 5) is 12.3. The molecule has 0 unspecified atom stereocenters. The molecule has 20 heavy (non-hydrogen) atoms. The zero-order valence-corrected chi connectivity index (χ0v) is 11.5. The van der Waals surface area contributed by atoms with Crippen LogP contribution in [0.15, 0.2) is 48.5 Å². The van der Waals surface area contributed by atoms with Gasteiger partial charge in [0.15, 0.2) is 12.1 Å². The van der Waals surface area contributed by atoms with Crippen molar-refractivity contribution in [2.75, 3.05) is 13.2 Å². The second kappa shape index (κ2) is 5.75. The van der Waals surface area contributed by atoms with E-state index in [0.29, 0.717) is 29.4 Å². The summed E-state index contributed by atoms with van der Waals surface area (Å²) in [6, 6.07) is 14.2. The molecule has 0 aliphatic carbocycles. The largest absolute Gasteiger partial charge is 0.346 e. The zero-order valence-electron chi connectivity index (χ0n) is 10.7. The molecule has 0 spiro atoms. The number of ether oxygens (including phenoxy) is 2. The maximum Gasteiger partial charge on any atom is 0.193 e. The van der Waals surface area contributed by atoms with Crippen molar-refractivity contribution in [1.82, 2.24) is 0 Å². The summed E-state index contributed by atoms with van der Waals surface area (Å²) in [5, 5.41) is 0.556. The molecule has 2 aromatic carbocycles. The van der Waals surface area contributed by atoms with Crippen molar-refractivity contribution in [2.45, 2.75) is 6.29 Å². The van der Waals surface area contributed by atoms with Crippen LogP contribution in [0.1, 0.15) is 27.8 Å². The second-order valence-corrected chi connectivity index (χ2v) is 4.97.